The average molecular weight is 260 g/mol. The molecule has 3 heteroatoms. The van der Waals surface area contributed by atoms with Crippen molar-refractivity contribution in [2.75, 3.05) is 17.2 Å². The molecule has 0 atom stereocenters. The first-order valence-electron chi connectivity index (χ1n) is 7.45. The van der Waals surface area contributed by atoms with Crippen LogP contribution >= 0.6 is 0 Å². The molecular weight excluding hydrogens is 236 g/mol. The van der Waals surface area contributed by atoms with Gasteiger partial charge in [-0.15, -0.1) is 0 Å². The Labute approximate surface area is 115 Å². The van der Waals surface area contributed by atoms with Gasteiger partial charge in [-0.3, -0.25) is 0 Å². The van der Waals surface area contributed by atoms with Gasteiger partial charge in [0.05, 0.1) is 6.10 Å². The molecule has 3 nitrogen and oxygen atoms in total. The molecule has 2 N–H and O–H groups in total. The molecule has 2 aliphatic carbocycles. The first-order valence-corrected chi connectivity index (χ1v) is 7.45. The van der Waals surface area contributed by atoms with Crippen LogP contribution in [0.25, 0.3) is 0 Å². The Bertz CT molecular complexity index is 450. The third kappa shape index (κ3) is 3.34. The summed E-state index contributed by atoms with van der Waals surface area (Å²) in [5, 5.41) is 0. The molecule has 0 bridgehead atoms. The molecule has 0 unspecified atom stereocenters. The highest BCUT2D eigenvalue weighted by Crippen LogP contribution is 2.39. The molecule has 1 aromatic rings. The maximum atomic E-state index is 6.03. The molecule has 3 rings (SSSR count). The van der Waals surface area contributed by atoms with Crippen LogP contribution in [0.2, 0.25) is 0 Å². The van der Waals surface area contributed by atoms with Crippen molar-refractivity contribution < 1.29 is 4.74 Å². The standard InChI is InChI=1S/C16H24N2O/c1-11(2)19-16-8-13(17)7-15(9-16)18(14-5-6-14)10-12-3-4-12/h7-9,11-12,14H,3-6,10,17H2,1-2H3. The maximum Gasteiger partial charge on any atom is 0.123 e. The Morgan fingerprint density at radius 3 is 2.53 bits per heavy atom. The Kier molecular flexibility index (Phi) is 3.29. The van der Waals surface area contributed by atoms with Crippen molar-refractivity contribution in [3.63, 3.8) is 0 Å². The van der Waals surface area contributed by atoms with Crippen molar-refractivity contribution >= 4 is 11.4 Å². The predicted molar refractivity (Wildman–Crippen MR) is 79.7 cm³/mol. The van der Waals surface area contributed by atoms with E-state index in [2.05, 4.69) is 17.0 Å². The van der Waals surface area contributed by atoms with E-state index in [1.54, 1.807) is 0 Å². The van der Waals surface area contributed by atoms with E-state index in [1.807, 2.05) is 19.9 Å². The highest BCUT2D eigenvalue weighted by atomic mass is 16.5. The van der Waals surface area contributed by atoms with Gasteiger partial charge in [-0.05, 0) is 51.5 Å². The van der Waals surface area contributed by atoms with Gasteiger partial charge in [-0.1, -0.05) is 0 Å². The molecule has 19 heavy (non-hydrogen) atoms. The Balaban J connectivity index is 1.81. The minimum Gasteiger partial charge on any atom is -0.491 e. The lowest BCUT2D eigenvalue weighted by Gasteiger charge is -2.26. The van der Waals surface area contributed by atoms with Crippen LogP contribution in [0.15, 0.2) is 18.2 Å². The van der Waals surface area contributed by atoms with Crippen molar-refractivity contribution in [2.45, 2.75) is 51.7 Å². The molecule has 0 aromatic heterocycles. The minimum atomic E-state index is 0.187. The summed E-state index contributed by atoms with van der Waals surface area (Å²) in [4.78, 5) is 2.54. The first-order chi connectivity index (χ1) is 9.11. The summed E-state index contributed by atoms with van der Waals surface area (Å²) < 4.78 is 5.80. The number of hydrogen-bond donors (Lipinski definition) is 1. The summed E-state index contributed by atoms with van der Waals surface area (Å²) in [6, 6.07) is 6.89. The van der Waals surface area contributed by atoms with E-state index in [-0.39, 0.29) is 6.10 Å². The molecule has 0 saturated heterocycles. The minimum absolute atomic E-state index is 0.187. The van der Waals surface area contributed by atoms with Crippen LogP contribution in [-0.2, 0) is 0 Å². The number of ether oxygens (including phenoxy) is 1. The van der Waals surface area contributed by atoms with Gasteiger partial charge in [0.25, 0.3) is 0 Å². The second kappa shape index (κ2) is 4.95. The van der Waals surface area contributed by atoms with E-state index in [1.165, 1.54) is 37.9 Å². The smallest absolute Gasteiger partial charge is 0.123 e. The van der Waals surface area contributed by atoms with E-state index in [4.69, 9.17) is 10.5 Å². The van der Waals surface area contributed by atoms with Crippen LogP contribution in [0.3, 0.4) is 0 Å². The van der Waals surface area contributed by atoms with E-state index in [0.29, 0.717) is 0 Å². The van der Waals surface area contributed by atoms with Crippen molar-refractivity contribution in [1.82, 2.24) is 0 Å². The lowest BCUT2D eigenvalue weighted by Crippen LogP contribution is -2.28. The zero-order valence-corrected chi connectivity index (χ0v) is 11.9. The van der Waals surface area contributed by atoms with Gasteiger partial charge < -0.3 is 15.4 Å². The molecule has 1 aromatic carbocycles. The number of anilines is 2. The van der Waals surface area contributed by atoms with E-state index >= 15 is 0 Å². The molecule has 0 amide bonds. The van der Waals surface area contributed by atoms with Gasteiger partial charge in [0, 0.05) is 36.1 Å². The summed E-state index contributed by atoms with van der Waals surface area (Å²) in [6.45, 7) is 5.28. The normalized spacial score (nSPS) is 18.7. The van der Waals surface area contributed by atoms with Gasteiger partial charge >= 0.3 is 0 Å². The second-order valence-corrected chi connectivity index (χ2v) is 6.25. The fraction of sp³-hybridized carbons (Fsp3) is 0.625. The van der Waals surface area contributed by atoms with Gasteiger partial charge in [-0.25, -0.2) is 0 Å². The number of nitrogens with zero attached hydrogens (tertiary/aromatic N) is 1. The molecule has 2 fully saturated rings. The van der Waals surface area contributed by atoms with Crippen molar-refractivity contribution in [1.29, 1.82) is 0 Å². The van der Waals surface area contributed by atoms with Gasteiger partial charge in [0.1, 0.15) is 5.75 Å². The Hall–Kier alpha value is -1.38. The van der Waals surface area contributed by atoms with E-state index < -0.39 is 0 Å². The van der Waals surface area contributed by atoms with Crippen LogP contribution in [-0.4, -0.2) is 18.7 Å². The molecule has 2 saturated carbocycles. The van der Waals surface area contributed by atoms with Crippen LogP contribution in [0.5, 0.6) is 5.75 Å². The Morgan fingerprint density at radius 1 is 1.21 bits per heavy atom. The zero-order chi connectivity index (χ0) is 13.4. The first kappa shape index (κ1) is 12.6. The lowest BCUT2D eigenvalue weighted by atomic mass is 10.2. The van der Waals surface area contributed by atoms with Crippen LogP contribution in [0.4, 0.5) is 11.4 Å². The number of benzene rings is 1. The average Bonchev–Trinajstić information content (AvgIpc) is 3.18. The van der Waals surface area contributed by atoms with Crippen LogP contribution in [0.1, 0.15) is 39.5 Å². The SMILES string of the molecule is CC(C)Oc1cc(N)cc(N(CC2CC2)C2CC2)c1. The summed E-state index contributed by atoms with van der Waals surface area (Å²) >= 11 is 0. The van der Waals surface area contributed by atoms with Gasteiger partial charge in [0.15, 0.2) is 0 Å². The number of hydrogen-bond acceptors (Lipinski definition) is 3. The summed E-state index contributed by atoms with van der Waals surface area (Å²) in [7, 11) is 0. The lowest BCUT2D eigenvalue weighted by molar-refractivity contribution is 0.242. The number of rotatable bonds is 6. The predicted octanol–water partition coefficient (Wildman–Crippen LogP) is 3.43. The van der Waals surface area contributed by atoms with E-state index in [0.717, 1.165) is 23.4 Å². The van der Waals surface area contributed by atoms with Crippen LogP contribution < -0.4 is 15.4 Å². The van der Waals surface area contributed by atoms with Gasteiger partial charge in [-0.2, -0.15) is 0 Å². The van der Waals surface area contributed by atoms with Crippen molar-refractivity contribution in [2.24, 2.45) is 5.92 Å². The maximum absolute atomic E-state index is 6.03. The third-order valence-electron chi connectivity index (χ3n) is 3.76. The molecular formula is C16H24N2O. The molecule has 104 valence electrons. The molecule has 0 spiro atoms. The second-order valence-electron chi connectivity index (χ2n) is 6.25. The zero-order valence-electron chi connectivity index (χ0n) is 11.9. The molecule has 0 heterocycles. The number of nitrogen functional groups attached to an aromatic ring is 1. The van der Waals surface area contributed by atoms with Crippen molar-refractivity contribution in [3.05, 3.63) is 18.2 Å². The summed E-state index contributed by atoms with van der Waals surface area (Å²) in [5.74, 6) is 1.79. The summed E-state index contributed by atoms with van der Waals surface area (Å²) in [5.41, 5.74) is 8.07. The van der Waals surface area contributed by atoms with E-state index in [9.17, 15) is 0 Å². The fourth-order valence-corrected chi connectivity index (χ4v) is 2.54. The van der Waals surface area contributed by atoms with Gasteiger partial charge in [0.2, 0.25) is 0 Å². The Morgan fingerprint density at radius 2 is 1.95 bits per heavy atom. The van der Waals surface area contributed by atoms with Crippen LogP contribution in [0, 0.1) is 5.92 Å². The molecule has 0 radical (unpaired) electrons. The molecule has 0 aliphatic heterocycles. The van der Waals surface area contributed by atoms with Crippen molar-refractivity contribution in [3.8, 4) is 5.75 Å². The third-order valence-corrected chi connectivity index (χ3v) is 3.76. The monoisotopic (exact) mass is 260 g/mol. The highest BCUT2D eigenvalue weighted by Gasteiger charge is 2.34. The number of nitrogens with two attached hydrogens (primary N) is 1. The largest absolute Gasteiger partial charge is 0.491 e. The highest BCUT2D eigenvalue weighted by molar-refractivity contribution is 5.61. The quantitative estimate of drug-likeness (QED) is 0.796. The fourth-order valence-electron chi connectivity index (χ4n) is 2.54. The molecule has 2 aliphatic rings. The topological polar surface area (TPSA) is 38.5 Å². The summed E-state index contributed by atoms with van der Waals surface area (Å²) in [6.07, 6.45) is 5.61.